The van der Waals surface area contributed by atoms with Gasteiger partial charge >= 0.3 is 0 Å². The van der Waals surface area contributed by atoms with E-state index in [9.17, 15) is 96.7 Å². The number of ether oxygens (including phenoxy) is 11. The summed E-state index contributed by atoms with van der Waals surface area (Å²) in [6, 6.07) is -1.84. The van der Waals surface area contributed by atoms with Crippen LogP contribution in [0.25, 0.3) is 0 Å². The summed E-state index contributed by atoms with van der Waals surface area (Å²) in [6.07, 6.45) is -55.1. The predicted octanol–water partition coefficient (Wildman–Crippen LogP) is -12.9. The third kappa shape index (κ3) is 11.8. The van der Waals surface area contributed by atoms with E-state index in [1.165, 1.54) is 6.92 Å². The van der Waals surface area contributed by atoms with E-state index < -0.39 is 223 Å². The molecule has 402 valence electrons. The number of rotatable bonds is 16. The molecule has 6 heterocycles. The van der Waals surface area contributed by atoms with Crippen LogP contribution in [0, 0.1) is 0 Å². The zero-order valence-electron chi connectivity index (χ0n) is 36.8. The van der Waals surface area contributed by atoms with Crippen molar-refractivity contribution in [2.75, 3.05) is 33.0 Å². The van der Waals surface area contributed by atoms with Gasteiger partial charge in [0.1, 0.15) is 140 Å². The molecule has 6 aliphatic heterocycles. The van der Waals surface area contributed by atoms with Crippen LogP contribution in [0.1, 0.15) is 13.8 Å². The number of aliphatic hydroxyl groups is 18. The van der Waals surface area contributed by atoms with Crippen LogP contribution in [0.15, 0.2) is 0 Å². The molecular weight excluding hydrogens is 950 g/mol. The molecular formula is C38H65NO30. The Hall–Kier alpha value is -1.69. The Morgan fingerprint density at radius 1 is 0.377 bits per heavy atom. The second-order valence-corrected chi connectivity index (χ2v) is 17.5. The zero-order chi connectivity index (χ0) is 50.9. The number of nitrogens with one attached hydrogen (secondary N) is 1. The van der Waals surface area contributed by atoms with Crippen LogP contribution in [0.3, 0.4) is 0 Å². The summed E-state index contributed by atoms with van der Waals surface area (Å²) in [6.45, 7) is -2.64. The first-order valence-electron chi connectivity index (χ1n) is 22.0. The number of aliphatic hydroxyl groups excluding tert-OH is 18. The lowest BCUT2D eigenvalue weighted by Crippen LogP contribution is -2.71. The maximum atomic E-state index is 13.0. The summed E-state index contributed by atoms with van der Waals surface area (Å²) in [5, 5.41) is 194. The molecule has 6 fully saturated rings. The summed E-state index contributed by atoms with van der Waals surface area (Å²) in [5.41, 5.74) is 0. The van der Waals surface area contributed by atoms with Crippen molar-refractivity contribution >= 4 is 5.91 Å². The SMILES string of the molecule is CC(=O)N[C@H]1[C@H](O[C@H]2[C@@H](O)[C@@H](CO)O[C@@H](O[C@H]3[C@H](O)[C@@H](O)[C@H](O)O[C@@H]3CO)[C@@H]2O)O[C@H](CO)[C@@H](O[C@@H]2O[C@H](CO)[C@H](O)[C@H](O[C@H]3O[C@H](CO)[C@H](O)[C@H](O)[C@H]3O)[C@H]2O)[C@@H]1O[C@@H]1O[C@@H](C)[C@@H](O)[C@@H](O)[C@@H]1O. The minimum atomic E-state index is -2.21. The molecule has 6 saturated heterocycles. The highest BCUT2D eigenvalue weighted by Crippen LogP contribution is 2.38. The fraction of sp³-hybridized carbons (Fsp3) is 0.974. The molecule has 0 aromatic rings. The quantitative estimate of drug-likeness (QED) is 0.0682. The first-order chi connectivity index (χ1) is 32.6. The molecule has 6 aliphatic rings. The van der Waals surface area contributed by atoms with Crippen molar-refractivity contribution in [1.29, 1.82) is 0 Å². The molecule has 0 radical (unpaired) electrons. The predicted molar refractivity (Wildman–Crippen MR) is 209 cm³/mol. The van der Waals surface area contributed by atoms with Crippen LogP contribution in [-0.2, 0) is 56.9 Å². The Balaban J connectivity index is 1.34. The van der Waals surface area contributed by atoms with Gasteiger partial charge in [-0.3, -0.25) is 4.79 Å². The average Bonchev–Trinajstić information content (AvgIpc) is 3.32. The molecule has 6 rings (SSSR count). The first kappa shape index (κ1) is 56.6. The van der Waals surface area contributed by atoms with Gasteiger partial charge in [0.15, 0.2) is 37.7 Å². The van der Waals surface area contributed by atoms with Gasteiger partial charge in [-0.1, -0.05) is 0 Å². The molecule has 1 amide bonds. The second-order valence-electron chi connectivity index (χ2n) is 17.5. The fourth-order valence-electron chi connectivity index (χ4n) is 8.85. The van der Waals surface area contributed by atoms with Crippen LogP contribution in [0.5, 0.6) is 0 Å². The molecule has 0 unspecified atom stereocenters. The zero-order valence-corrected chi connectivity index (χ0v) is 36.8. The van der Waals surface area contributed by atoms with E-state index in [2.05, 4.69) is 5.32 Å². The highest BCUT2D eigenvalue weighted by Gasteiger charge is 2.59. The minimum absolute atomic E-state index is 0.890. The summed E-state index contributed by atoms with van der Waals surface area (Å²) >= 11 is 0. The summed E-state index contributed by atoms with van der Waals surface area (Å²) in [5.74, 6) is -0.893. The van der Waals surface area contributed by atoms with E-state index in [4.69, 9.17) is 52.1 Å². The highest BCUT2D eigenvalue weighted by atomic mass is 16.8. The van der Waals surface area contributed by atoms with Crippen LogP contribution < -0.4 is 5.32 Å². The molecule has 0 aromatic carbocycles. The summed E-state index contributed by atoms with van der Waals surface area (Å²) in [4.78, 5) is 13.0. The number of carbonyl (C=O) groups excluding carboxylic acids is 1. The fourth-order valence-corrected chi connectivity index (χ4v) is 8.85. The Labute approximate surface area is 390 Å². The van der Waals surface area contributed by atoms with Gasteiger partial charge in [-0.05, 0) is 6.92 Å². The number of amides is 1. The third-order valence-electron chi connectivity index (χ3n) is 12.8. The molecule has 0 saturated carbocycles. The van der Waals surface area contributed by atoms with Crippen molar-refractivity contribution in [2.24, 2.45) is 0 Å². The molecule has 30 atom stereocenters. The standard InChI is InChI=1S/C38H65NO30/c1-8-16(46)20(50)24(54)35(59-8)67-30-15(39-9(2)45)34(68-31-18(48)11(4-41)62-37(26(31)56)65-28-13(6-43)60-33(58)23(53)22(28)52)64-14(7-44)29(30)66-38-27(57)32(19(49)12(5-42)63-38)69-36-25(55)21(51)17(47)10(3-40)61-36/h8,10-38,40-44,46-58H,3-7H2,1-2H3,(H,39,45)/t8-,10+,11+,12+,13+,14+,15+,16+,17-,18-,19-,20+,21-,22+,23+,24-,25+,26+,27+,28+,29+,30+,31-,32-,33+,34-,35-,36+,37-,38-/m0/s1. The minimum Gasteiger partial charge on any atom is -0.394 e. The largest absolute Gasteiger partial charge is 0.394 e. The van der Waals surface area contributed by atoms with Crippen LogP contribution >= 0.6 is 0 Å². The monoisotopic (exact) mass is 1020 g/mol. The lowest BCUT2D eigenvalue weighted by Gasteiger charge is -2.52. The summed E-state index contributed by atoms with van der Waals surface area (Å²) in [7, 11) is 0. The molecule has 31 nitrogen and oxygen atoms in total. The number of hydrogen-bond donors (Lipinski definition) is 19. The van der Waals surface area contributed by atoms with Crippen molar-refractivity contribution in [3.63, 3.8) is 0 Å². The Morgan fingerprint density at radius 2 is 0.754 bits per heavy atom. The molecule has 19 N–H and O–H groups in total. The average molecular weight is 1020 g/mol. The maximum absolute atomic E-state index is 13.0. The number of carbonyl (C=O) groups is 1. The van der Waals surface area contributed by atoms with Gasteiger partial charge in [0.05, 0.1) is 39.1 Å². The van der Waals surface area contributed by atoms with Gasteiger partial charge in [0.2, 0.25) is 5.91 Å². The highest BCUT2D eigenvalue weighted by molar-refractivity contribution is 5.73. The lowest BCUT2D eigenvalue weighted by molar-refractivity contribution is -0.397. The van der Waals surface area contributed by atoms with Gasteiger partial charge in [0, 0.05) is 6.92 Å². The van der Waals surface area contributed by atoms with Crippen molar-refractivity contribution in [2.45, 2.75) is 198 Å². The van der Waals surface area contributed by atoms with E-state index in [0.717, 1.165) is 6.92 Å². The Morgan fingerprint density at radius 3 is 1.25 bits per heavy atom. The van der Waals surface area contributed by atoms with E-state index in [0.29, 0.717) is 0 Å². The van der Waals surface area contributed by atoms with E-state index in [1.807, 2.05) is 0 Å². The first-order valence-corrected chi connectivity index (χ1v) is 22.0. The van der Waals surface area contributed by atoms with Crippen molar-refractivity contribution in [1.82, 2.24) is 5.32 Å². The number of hydrogen-bond acceptors (Lipinski definition) is 30. The van der Waals surface area contributed by atoms with Gasteiger partial charge in [-0.15, -0.1) is 0 Å². The Kier molecular flexibility index (Phi) is 19.8. The second kappa shape index (κ2) is 24.1. The van der Waals surface area contributed by atoms with Gasteiger partial charge in [-0.25, -0.2) is 0 Å². The van der Waals surface area contributed by atoms with Crippen LogP contribution in [-0.4, -0.2) is 315 Å². The van der Waals surface area contributed by atoms with Crippen LogP contribution in [0.4, 0.5) is 0 Å². The normalized spacial score (nSPS) is 52.1. The van der Waals surface area contributed by atoms with E-state index in [1.54, 1.807) is 0 Å². The molecule has 0 aromatic heterocycles. The molecule has 0 aliphatic carbocycles. The van der Waals surface area contributed by atoms with Crippen molar-refractivity contribution in [3.8, 4) is 0 Å². The smallest absolute Gasteiger partial charge is 0.217 e. The molecule has 0 spiro atoms. The molecule has 31 heteroatoms. The van der Waals surface area contributed by atoms with Gasteiger partial charge < -0.3 is 149 Å². The van der Waals surface area contributed by atoms with E-state index in [-0.39, 0.29) is 0 Å². The molecule has 0 bridgehead atoms. The van der Waals surface area contributed by atoms with Gasteiger partial charge in [-0.2, -0.15) is 0 Å². The summed E-state index contributed by atoms with van der Waals surface area (Å²) < 4.78 is 63.1. The molecule has 69 heavy (non-hydrogen) atoms. The van der Waals surface area contributed by atoms with E-state index >= 15 is 0 Å². The van der Waals surface area contributed by atoms with Gasteiger partial charge in [0.25, 0.3) is 0 Å². The topological polar surface area (TPSA) is 495 Å². The Bertz CT molecular complexity index is 1610. The maximum Gasteiger partial charge on any atom is 0.217 e. The lowest BCUT2D eigenvalue weighted by atomic mass is 9.93. The van der Waals surface area contributed by atoms with Crippen molar-refractivity contribution in [3.05, 3.63) is 0 Å². The van der Waals surface area contributed by atoms with Crippen LogP contribution in [0.2, 0.25) is 0 Å². The third-order valence-corrected chi connectivity index (χ3v) is 12.8. The van der Waals surface area contributed by atoms with Crippen molar-refractivity contribution < 1.29 is 149 Å².